The van der Waals surface area contributed by atoms with E-state index in [0.29, 0.717) is 10.2 Å². The number of rotatable bonds is 4. The van der Waals surface area contributed by atoms with E-state index in [2.05, 4.69) is 22.4 Å². The smallest absolute Gasteiger partial charge is 0.325 e. The van der Waals surface area contributed by atoms with E-state index in [1.54, 1.807) is 0 Å². The SMILES string of the molecule is O=C(Cn1cnc2scc(-c3ccc4c(c3)CCCC4)c2c1=O)Nc1cccc(C(F)(F)F)c1. The molecule has 34 heavy (non-hydrogen) atoms. The van der Waals surface area contributed by atoms with E-state index in [1.165, 1.54) is 51.9 Å². The Bertz CT molecular complexity index is 1460. The van der Waals surface area contributed by atoms with Crippen molar-refractivity contribution in [3.05, 3.63) is 81.2 Å². The minimum Gasteiger partial charge on any atom is -0.325 e. The number of carbonyl (C=O) groups is 1. The second-order valence-electron chi connectivity index (χ2n) is 8.32. The molecule has 0 atom stereocenters. The molecule has 1 aliphatic rings. The molecule has 0 bridgehead atoms. The largest absolute Gasteiger partial charge is 0.416 e. The van der Waals surface area contributed by atoms with Crippen LogP contribution in [0, 0.1) is 0 Å². The van der Waals surface area contributed by atoms with E-state index in [4.69, 9.17) is 0 Å². The number of aryl methyl sites for hydroxylation is 2. The number of amides is 1. The van der Waals surface area contributed by atoms with Gasteiger partial charge in [0.1, 0.15) is 11.4 Å². The van der Waals surface area contributed by atoms with Gasteiger partial charge >= 0.3 is 6.18 Å². The first-order chi connectivity index (χ1) is 16.3. The molecule has 0 aliphatic heterocycles. The minimum atomic E-state index is -4.52. The van der Waals surface area contributed by atoms with Gasteiger partial charge in [0.25, 0.3) is 5.56 Å². The Labute approximate surface area is 196 Å². The molecule has 0 radical (unpaired) electrons. The van der Waals surface area contributed by atoms with Crippen LogP contribution in [0.1, 0.15) is 29.5 Å². The van der Waals surface area contributed by atoms with Crippen molar-refractivity contribution in [3.63, 3.8) is 0 Å². The van der Waals surface area contributed by atoms with Gasteiger partial charge in [-0.1, -0.05) is 24.3 Å². The van der Waals surface area contributed by atoms with Gasteiger partial charge in [-0.25, -0.2) is 4.98 Å². The predicted octanol–water partition coefficient (Wildman–Crippen LogP) is 5.66. The fraction of sp³-hybridized carbons (Fsp3) is 0.240. The number of aromatic nitrogens is 2. The molecule has 5 rings (SSSR count). The Morgan fingerprint density at radius 2 is 1.88 bits per heavy atom. The molecule has 0 saturated heterocycles. The number of anilines is 1. The molecule has 0 fully saturated rings. The number of benzene rings is 2. The highest BCUT2D eigenvalue weighted by Crippen LogP contribution is 2.34. The first-order valence-corrected chi connectivity index (χ1v) is 11.7. The average molecular weight is 484 g/mol. The van der Waals surface area contributed by atoms with E-state index in [-0.39, 0.29) is 17.8 Å². The van der Waals surface area contributed by atoms with Gasteiger partial charge in [-0.15, -0.1) is 11.3 Å². The summed E-state index contributed by atoms with van der Waals surface area (Å²) in [6, 6.07) is 10.6. The third-order valence-electron chi connectivity index (χ3n) is 6.01. The molecule has 174 valence electrons. The minimum absolute atomic E-state index is 0.00666. The van der Waals surface area contributed by atoms with Crippen LogP contribution in [0.3, 0.4) is 0 Å². The molecule has 0 unspecified atom stereocenters. The lowest BCUT2D eigenvalue weighted by Crippen LogP contribution is -2.27. The van der Waals surface area contributed by atoms with Crippen molar-refractivity contribution in [3.8, 4) is 11.1 Å². The van der Waals surface area contributed by atoms with Crippen LogP contribution in [0.5, 0.6) is 0 Å². The summed E-state index contributed by atoms with van der Waals surface area (Å²) in [5, 5.41) is 4.77. The van der Waals surface area contributed by atoms with Crippen LogP contribution in [-0.4, -0.2) is 15.5 Å². The summed E-state index contributed by atoms with van der Waals surface area (Å²) in [6.07, 6.45) is 1.20. The first kappa shape index (κ1) is 22.3. The fourth-order valence-electron chi connectivity index (χ4n) is 4.32. The molecule has 2 aromatic carbocycles. The summed E-state index contributed by atoms with van der Waals surface area (Å²) in [7, 11) is 0. The van der Waals surface area contributed by atoms with Gasteiger partial charge < -0.3 is 5.32 Å². The second-order valence-corrected chi connectivity index (χ2v) is 9.18. The summed E-state index contributed by atoms with van der Waals surface area (Å²) in [5.41, 5.74) is 3.14. The van der Waals surface area contributed by atoms with E-state index in [1.807, 2.05) is 11.4 Å². The molecule has 2 aromatic heterocycles. The molecular formula is C25H20F3N3O2S. The molecule has 0 spiro atoms. The number of halogens is 3. The summed E-state index contributed by atoms with van der Waals surface area (Å²) in [4.78, 5) is 30.7. The predicted molar refractivity (Wildman–Crippen MR) is 126 cm³/mol. The van der Waals surface area contributed by atoms with E-state index >= 15 is 0 Å². The maximum absolute atomic E-state index is 13.2. The van der Waals surface area contributed by atoms with Crippen LogP contribution in [-0.2, 0) is 30.4 Å². The average Bonchev–Trinajstić information content (AvgIpc) is 3.25. The van der Waals surface area contributed by atoms with Gasteiger partial charge in [-0.2, -0.15) is 13.2 Å². The molecule has 5 nitrogen and oxygen atoms in total. The highest BCUT2D eigenvalue weighted by Gasteiger charge is 2.30. The van der Waals surface area contributed by atoms with Gasteiger partial charge in [-0.3, -0.25) is 14.2 Å². The number of carbonyl (C=O) groups excluding carboxylic acids is 1. The quantitative estimate of drug-likeness (QED) is 0.407. The van der Waals surface area contributed by atoms with Crippen molar-refractivity contribution in [1.29, 1.82) is 0 Å². The van der Waals surface area contributed by atoms with Gasteiger partial charge in [0.2, 0.25) is 5.91 Å². The number of alkyl halides is 3. The number of nitrogens with zero attached hydrogens (tertiary/aromatic N) is 2. The Morgan fingerprint density at radius 1 is 1.09 bits per heavy atom. The molecule has 4 aromatic rings. The number of nitrogens with one attached hydrogen (secondary N) is 1. The van der Waals surface area contributed by atoms with Gasteiger partial charge in [-0.05, 0) is 60.6 Å². The molecule has 1 aliphatic carbocycles. The Hall–Kier alpha value is -3.46. The van der Waals surface area contributed by atoms with Crippen molar-refractivity contribution in [2.24, 2.45) is 0 Å². The zero-order chi connectivity index (χ0) is 23.9. The lowest BCUT2D eigenvalue weighted by Gasteiger charge is -2.16. The van der Waals surface area contributed by atoms with Crippen LogP contribution < -0.4 is 10.9 Å². The lowest BCUT2D eigenvalue weighted by atomic mass is 9.89. The maximum Gasteiger partial charge on any atom is 0.416 e. The van der Waals surface area contributed by atoms with Crippen molar-refractivity contribution in [2.45, 2.75) is 38.4 Å². The van der Waals surface area contributed by atoms with Crippen molar-refractivity contribution in [1.82, 2.24) is 9.55 Å². The lowest BCUT2D eigenvalue weighted by molar-refractivity contribution is -0.137. The Balaban J connectivity index is 1.43. The summed E-state index contributed by atoms with van der Waals surface area (Å²) in [5.74, 6) is -0.617. The molecule has 1 N–H and O–H groups in total. The van der Waals surface area contributed by atoms with Crippen LogP contribution in [0.4, 0.5) is 18.9 Å². The zero-order valence-electron chi connectivity index (χ0n) is 18.0. The van der Waals surface area contributed by atoms with E-state index < -0.39 is 17.6 Å². The summed E-state index contributed by atoms with van der Waals surface area (Å²) >= 11 is 1.36. The van der Waals surface area contributed by atoms with E-state index in [0.717, 1.165) is 42.5 Å². The van der Waals surface area contributed by atoms with Gasteiger partial charge in [0, 0.05) is 16.6 Å². The van der Waals surface area contributed by atoms with Gasteiger partial charge in [0.05, 0.1) is 17.3 Å². The highest BCUT2D eigenvalue weighted by atomic mass is 32.1. The molecule has 1 amide bonds. The summed E-state index contributed by atoms with van der Waals surface area (Å²) in [6.45, 7) is -0.364. The van der Waals surface area contributed by atoms with Crippen molar-refractivity contribution >= 4 is 33.1 Å². The Kier molecular flexibility index (Phi) is 5.73. The van der Waals surface area contributed by atoms with Crippen LogP contribution in [0.15, 0.2) is 59.0 Å². The van der Waals surface area contributed by atoms with E-state index in [9.17, 15) is 22.8 Å². The molecule has 0 saturated carbocycles. The first-order valence-electron chi connectivity index (χ1n) is 10.9. The molecule has 2 heterocycles. The van der Waals surface area contributed by atoms with Crippen molar-refractivity contribution < 1.29 is 18.0 Å². The monoisotopic (exact) mass is 483 g/mol. The number of thiophene rings is 1. The number of hydrogen-bond donors (Lipinski definition) is 1. The zero-order valence-corrected chi connectivity index (χ0v) is 18.8. The molecular weight excluding hydrogens is 463 g/mol. The fourth-order valence-corrected chi connectivity index (χ4v) is 5.23. The standard InChI is InChI=1S/C25H20F3N3O2S/c26-25(27,28)18-6-3-7-19(11-18)30-21(32)12-31-14-29-23-22(24(31)33)20(13-34-23)17-9-8-15-4-1-2-5-16(15)10-17/h3,6-11,13-14H,1-2,4-5,12H2,(H,30,32). The van der Waals surface area contributed by atoms with Gasteiger partial charge in [0.15, 0.2) is 0 Å². The van der Waals surface area contributed by atoms with Crippen LogP contribution >= 0.6 is 11.3 Å². The highest BCUT2D eigenvalue weighted by molar-refractivity contribution is 7.17. The summed E-state index contributed by atoms with van der Waals surface area (Å²) < 4.78 is 40.0. The second kappa shape index (κ2) is 8.72. The normalized spacial score (nSPS) is 13.6. The number of fused-ring (bicyclic) bond motifs is 2. The van der Waals surface area contributed by atoms with Crippen molar-refractivity contribution in [2.75, 3.05) is 5.32 Å². The number of hydrogen-bond acceptors (Lipinski definition) is 4. The van der Waals surface area contributed by atoms with Crippen LogP contribution in [0.2, 0.25) is 0 Å². The molecule has 9 heteroatoms. The topological polar surface area (TPSA) is 64.0 Å². The third-order valence-corrected chi connectivity index (χ3v) is 6.89. The Morgan fingerprint density at radius 3 is 2.68 bits per heavy atom. The van der Waals surface area contributed by atoms with Crippen LogP contribution in [0.25, 0.3) is 21.3 Å². The maximum atomic E-state index is 13.2. The third kappa shape index (κ3) is 4.35.